The quantitative estimate of drug-likeness (QED) is 0.390. The van der Waals surface area contributed by atoms with Crippen molar-refractivity contribution in [2.75, 3.05) is 0 Å². The molecule has 1 saturated carbocycles. The number of thioether (sulfide) groups is 1. The van der Waals surface area contributed by atoms with Crippen molar-refractivity contribution in [1.29, 1.82) is 0 Å². The van der Waals surface area contributed by atoms with E-state index in [0.29, 0.717) is 27.7 Å². The molecule has 1 aliphatic carbocycles. The lowest BCUT2D eigenvalue weighted by atomic mass is 9.99. The number of rotatable bonds is 9. The summed E-state index contributed by atoms with van der Waals surface area (Å²) >= 11 is 1.94. The summed E-state index contributed by atoms with van der Waals surface area (Å²) in [5, 5.41) is 9.75. The van der Waals surface area contributed by atoms with Crippen molar-refractivity contribution >= 4 is 27.8 Å². The fourth-order valence-corrected chi connectivity index (χ4v) is 6.19. The fraction of sp³-hybridized carbons (Fsp3) is 0.500. The maximum absolute atomic E-state index is 12.5. The van der Waals surface area contributed by atoms with Gasteiger partial charge in [0.2, 0.25) is 10.0 Å². The highest BCUT2D eigenvalue weighted by Crippen LogP contribution is 2.57. The molecule has 2 fully saturated rings. The number of sulfonamides is 1. The van der Waals surface area contributed by atoms with Gasteiger partial charge in [-0.2, -0.15) is 11.8 Å². The molecule has 0 aromatic heterocycles. The Morgan fingerprint density at radius 1 is 1.28 bits per heavy atom. The van der Waals surface area contributed by atoms with Gasteiger partial charge in [-0.1, -0.05) is 30.4 Å². The van der Waals surface area contributed by atoms with Crippen molar-refractivity contribution in [3.63, 3.8) is 0 Å². The summed E-state index contributed by atoms with van der Waals surface area (Å²) in [6.07, 6.45) is 7.40. The van der Waals surface area contributed by atoms with E-state index in [2.05, 4.69) is 10.8 Å². The van der Waals surface area contributed by atoms with Crippen LogP contribution < -0.4 is 4.72 Å². The molecule has 0 bridgehead atoms. The molecule has 1 saturated heterocycles. The number of carboxylic acids is 1. The third-order valence-electron chi connectivity index (χ3n) is 4.74. The Morgan fingerprint density at radius 3 is 2.76 bits per heavy atom. The number of carboxylic acid groups (broad SMARTS) is 1. The molecule has 0 unspecified atom stereocenters. The van der Waals surface area contributed by atoms with Crippen LogP contribution in [0.4, 0.5) is 0 Å². The van der Waals surface area contributed by atoms with E-state index in [-0.39, 0.29) is 12.5 Å². The van der Waals surface area contributed by atoms with Crippen LogP contribution in [0.15, 0.2) is 47.4 Å². The van der Waals surface area contributed by atoms with E-state index >= 15 is 0 Å². The monoisotopic (exact) mass is 381 g/mol. The highest BCUT2D eigenvalue weighted by atomic mass is 32.2. The summed E-state index contributed by atoms with van der Waals surface area (Å²) in [7, 11) is -3.48. The molecule has 0 spiro atoms. The second-order valence-corrected chi connectivity index (χ2v) is 9.71. The van der Waals surface area contributed by atoms with Gasteiger partial charge in [0.1, 0.15) is 0 Å². The molecule has 1 aliphatic heterocycles. The molecule has 1 aromatic rings. The van der Waals surface area contributed by atoms with Crippen LogP contribution in [0.25, 0.3) is 0 Å². The van der Waals surface area contributed by atoms with E-state index in [1.54, 1.807) is 30.3 Å². The van der Waals surface area contributed by atoms with Gasteiger partial charge in [0.15, 0.2) is 0 Å². The van der Waals surface area contributed by atoms with Crippen LogP contribution in [0.1, 0.15) is 32.1 Å². The zero-order chi connectivity index (χ0) is 17.9. The minimum atomic E-state index is -3.48. The Kier molecular flexibility index (Phi) is 5.86. The first-order valence-electron chi connectivity index (χ1n) is 8.57. The highest BCUT2D eigenvalue weighted by molar-refractivity contribution is 8.07. The summed E-state index contributed by atoms with van der Waals surface area (Å²) < 4.78 is 28.0. The van der Waals surface area contributed by atoms with E-state index in [0.717, 1.165) is 19.3 Å². The van der Waals surface area contributed by atoms with E-state index in [4.69, 9.17) is 5.11 Å². The molecule has 2 aliphatic rings. The largest absolute Gasteiger partial charge is 0.481 e. The van der Waals surface area contributed by atoms with Gasteiger partial charge in [0, 0.05) is 23.0 Å². The lowest BCUT2D eigenvalue weighted by Crippen LogP contribution is -2.39. The Labute approximate surface area is 152 Å². The molecule has 5 nitrogen and oxygen atoms in total. The number of unbranched alkanes of at least 4 members (excludes halogenated alkanes) is 1. The zero-order valence-electron chi connectivity index (χ0n) is 13.9. The molecule has 7 heteroatoms. The zero-order valence-corrected chi connectivity index (χ0v) is 15.5. The molecule has 1 heterocycles. The van der Waals surface area contributed by atoms with Crippen LogP contribution in [-0.4, -0.2) is 36.0 Å². The summed E-state index contributed by atoms with van der Waals surface area (Å²) in [6.45, 7) is 0. The molecule has 2 N–H and O–H groups in total. The van der Waals surface area contributed by atoms with Crippen LogP contribution in [0, 0.1) is 5.92 Å². The molecule has 0 amide bonds. The minimum Gasteiger partial charge on any atom is -0.481 e. The molecular weight excluding hydrogens is 358 g/mol. The molecule has 3 rings (SSSR count). The molecule has 136 valence electrons. The second kappa shape index (κ2) is 7.93. The maximum atomic E-state index is 12.5. The van der Waals surface area contributed by atoms with Gasteiger partial charge in [-0.25, -0.2) is 13.1 Å². The summed E-state index contributed by atoms with van der Waals surface area (Å²) in [6, 6.07) is 8.47. The number of aliphatic carboxylic acids is 1. The molecular formula is C18H23NO4S2. The van der Waals surface area contributed by atoms with Crippen molar-refractivity contribution < 1.29 is 18.3 Å². The first-order chi connectivity index (χ1) is 12.0. The molecule has 1 aromatic carbocycles. The van der Waals surface area contributed by atoms with Crippen LogP contribution in [-0.2, 0) is 14.8 Å². The third kappa shape index (κ3) is 4.86. The molecule has 25 heavy (non-hydrogen) atoms. The predicted molar refractivity (Wildman–Crippen MR) is 99.1 cm³/mol. The van der Waals surface area contributed by atoms with E-state index < -0.39 is 16.0 Å². The number of nitrogens with one attached hydrogen (secondary N) is 1. The Balaban J connectivity index is 1.55. The summed E-state index contributed by atoms with van der Waals surface area (Å²) in [4.78, 5) is 10.8. The van der Waals surface area contributed by atoms with Gasteiger partial charge in [-0.05, 0) is 43.7 Å². The van der Waals surface area contributed by atoms with Crippen molar-refractivity contribution in [1.82, 2.24) is 4.72 Å². The number of hydrogen-bond donors (Lipinski definition) is 2. The van der Waals surface area contributed by atoms with Gasteiger partial charge >= 0.3 is 5.97 Å². The Hall–Kier alpha value is -1.31. The standard InChI is InChI=1S/C18H23NO4S2/c20-17(21)11-7-2-1-6-10-14-15(12-16-18(14)24-16)19-25(22,23)13-8-4-3-5-9-13/h1,3-6,8-9,14-16,18-19H,2,7,10-12H2,(H,20,21)/t14-,15-,16-,18+/m1/s1. The van der Waals surface area contributed by atoms with Gasteiger partial charge in [0.05, 0.1) is 4.90 Å². The van der Waals surface area contributed by atoms with Crippen molar-refractivity contribution in [2.45, 2.75) is 53.5 Å². The van der Waals surface area contributed by atoms with Gasteiger partial charge in [0.25, 0.3) is 0 Å². The number of fused-ring (bicyclic) bond motifs is 1. The Morgan fingerprint density at radius 2 is 2.04 bits per heavy atom. The summed E-state index contributed by atoms with van der Waals surface area (Å²) in [5.74, 6) is -0.457. The van der Waals surface area contributed by atoms with Gasteiger partial charge < -0.3 is 5.11 Å². The van der Waals surface area contributed by atoms with Crippen molar-refractivity contribution in [2.24, 2.45) is 5.92 Å². The average Bonchev–Trinajstić information content (AvgIpc) is 3.25. The number of benzene rings is 1. The lowest BCUT2D eigenvalue weighted by Gasteiger charge is -2.22. The number of carbonyl (C=O) groups is 1. The lowest BCUT2D eigenvalue weighted by molar-refractivity contribution is -0.137. The molecule has 4 atom stereocenters. The van der Waals surface area contributed by atoms with Gasteiger partial charge in [-0.15, -0.1) is 0 Å². The van der Waals surface area contributed by atoms with Crippen LogP contribution in [0.3, 0.4) is 0 Å². The van der Waals surface area contributed by atoms with E-state index in [1.165, 1.54) is 0 Å². The third-order valence-corrected chi connectivity index (χ3v) is 7.76. The van der Waals surface area contributed by atoms with Crippen molar-refractivity contribution in [3.8, 4) is 0 Å². The van der Waals surface area contributed by atoms with Crippen molar-refractivity contribution in [3.05, 3.63) is 42.5 Å². The maximum Gasteiger partial charge on any atom is 0.303 e. The Bertz CT molecular complexity index is 733. The fourth-order valence-electron chi connectivity index (χ4n) is 3.42. The normalized spacial score (nSPS) is 28.2. The number of allylic oxidation sites excluding steroid dienone is 2. The average molecular weight is 382 g/mol. The topological polar surface area (TPSA) is 83.5 Å². The molecule has 0 radical (unpaired) electrons. The first kappa shape index (κ1) is 18.5. The van der Waals surface area contributed by atoms with Crippen LogP contribution in [0.5, 0.6) is 0 Å². The predicted octanol–water partition coefficient (Wildman–Crippen LogP) is 3.04. The van der Waals surface area contributed by atoms with E-state index in [9.17, 15) is 13.2 Å². The smallest absolute Gasteiger partial charge is 0.303 e. The highest BCUT2D eigenvalue weighted by Gasteiger charge is 2.54. The minimum absolute atomic E-state index is 0.0230. The van der Waals surface area contributed by atoms with Gasteiger partial charge in [-0.3, -0.25) is 4.79 Å². The van der Waals surface area contributed by atoms with Crippen LogP contribution >= 0.6 is 11.8 Å². The second-order valence-electron chi connectivity index (χ2n) is 6.57. The van der Waals surface area contributed by atoms with E-state index in [1.807, 2.05) is 17.8 Å². The number of hydrogen-bond acceptors (Lipinski definition) is 4. The summed E-state index contributed by atoms with van der Waals surface area (Å²) in [5.41, 5.74) is 0. The SMILES string of the molecule is O=C(O)CCCC=CC[C@H]1[C@@H]2S[C@@H]2C[C@H]1NS(=O)(=O)c1ccccc1. The van der Waals surface area contributed by atoms with Crippen LogP contribution in [0.2, 0.25) is 0 Å². The first-order valence-corrected chi connectivity index (χ1v) is 11.0.